The van der Waals surface area contributed by atoms with Gasteiger partial charge in [0.1, 0.15) is 5.76 Å². The molecule has 0 spiro atoms. The van der Waals surface area contributed by atoms with Gasteiger partial charge in [-0.15, -0.1) is 0 Å². The maximum absolute atomic E-state index is 13.6. The Bertz CT molecular complexity index is 497. The number of methoxy groups -OCH3 is 1. The van der Waals surface area contributed by atoms with Crippen LogP contribution in [0.3, 0.4) is 0 Å². The first-order valence-electron chi connectivity index (χ1n) is 5.80. The molecule has 2 aromatic rings. The molecule has 3 nitrogen and oxygen atoms in total. The summed E-state index contributed by atoms with van der Waals surface area (Å²) in [7, 11) is 1.46. The van der Waals surface area contributed by atoms with Gasteiger partial charge in [-0.3, -0.25) is 0 Å². The molecule has 1 atom stereocenters. The first kappa shape index (κ1) is 12.6. The summed E-state index contributed by atoms with van der Waals surface area (Å²) in [6.45, 7) is 2.59. The Balaban J connectivity index is 2.00. The van der Waals surface area contributed by atoms with Gasteiger partial charge in [0.15, 0.2) is 11.6 Å². The summed E-state index contributed by atoms with van der Waals surface area (Å²) in [4.78, 5) is 0. The molecule has 0 unspecified atom stereocenters. The van der Waals surface area contributed by atoms with Crippen LogP contribution in [-0.4, -0.2) is 7.11 Å². The van der Waals surface area contributed by atoms with Gasteiger partial charge in [-0.05, 0) is 36.8 Å². The van der Waals surface area contributed by atoms with Crippen LogP contribution in [0.25, 0.3) is 0 Å². The maximum atomic E-state index is 13.6. The van der Waals surface area contributed by atoms with E-state index in [1.807, 2.05) is 25.1 Å². The molecule has 1 aromatic heterocycles. The van der Waals surface area contributed by atoms with Crippen molar-refractivity contribution in [3.05, 3.63) is 53.7 Å². The highest BCUT2D eigenvalue weighted by Gasteiger charge is 2.09. The van der Waals surface area contributed by atoms with Gasteiger partial charge in [-0.1, -0.05) is 6.07 Å². The molecule has 0 saturated heterocycles. The minimum absolute atomic E-state index is 0.0375. The monoisotopic (exact) mass is 249 g/mol. The standard InChI is InChI=1S/C14H16FNO2/c1-10(16-9-12-4-3-7-18-12)11-5-6-14(17-2)13(15)8-11/h3-8,10,16H,9H2,1-2H3/t10-/m0/s1. The van der Waals surface area contributed by atoms with Gasteiger partial charge in [0.05, 0.1) is 19.9 Å². The molecule has 0 bridgehead atoms. The quantitative estimate of drug-likeness (QED) is 0.883. The van der Waals surface area contributed by atoms with Crippen molar-refractivity contribution in [2.75, 3.05) is 7.11 Å². The lowest BCUT2D eigenvalue weighted by atomic mass is 10.1. The van der Waals surface area contributed by atoms with Crippen LogP contribution in [0.4, 0.5) is 4.39 Å². The zero-order valence-electron chi connectivity index (χ0n) is 10.4. The van der Waals surface area contributed by atoms with Crippen LogP contribution in [0.1, 0.15) is 24.3 Å². The zero-order chi connectivity index (χ0) is 13.0. The third-order valence-electron chi connectivity index (χ3n) is 2.84. The van der Waals surface area contributed by atoms with Crippen LogP contribution in [0, 0.1) is 5.82 Å². The van der Waals surface area contributed by atoms with E-state index >= 15 is 0 Å². The van der Waals surface area contributed by atoms with Gasteiger partial charge >= 0.3 is 0 Å². The number of rotatable bonds is 5. The summed E-state index contributed by atoms with van der Waals surface area (Å²) in [6, 6.07) is 8.74. The van der Waals surface area contributed by atoms with Crippen LogP contribution in [0.2, 0.25) is 0 Å². The van der Waals surface area contributed by atoms with Crippen LogP contribution in [0.15, 0.2) is 41.0 Å². The molecule has 1 N–H and O–H groups in total. The Kier molecular flexibility index (Phi) is 3.99. The van der Waals surface area contributed by atoms with Gasteiger partial charge in [0.2, 0.25) is 0 Å². The van der Waals surface area contributed by atoms with Gasteiger partial charge < -0.3 is 14.5 Å². The van der Waals surface area contributed by atoms with E-state index in [9.17, 15) is 4.39 Å². The summed E-state index contributed by atoms with van der Waals surface area (Å²) >= 11 is 0. The van der Waals surface area contributed by atoms with Crippen LogP contribution >= 0.6 is 0 Å². The molecular formula is C14H16FNO2. The van der Waals surface area contributed by atoms with Crippen molar-refractivity contribution >= 4 is 0 Å². The SMILES string of the molecule is COc1ccc([C@H](C)NCc2ccco2)cc1F. The van der Waals surface area contributed by atoms with Crippen molar-refractivity contribution in [2.45, 2.75) is 19.5 Å². The van der Waals surface area contributed by atoms with E-state index in [4.69, 9.17) is 9.15 Å². The van der Waals surface area contributed by atoms with Crippen molar-refractivity contribution in [3.8, 4) is 5.75 Å². The fourth-order valence-electron chi connectivity index (χ4n) is 1.74. The predicted molar refractivity (Wildman–Crippen MR) is 66.9 cm³/mol. The van der Waals surface area contributed by atoms with Crippen molar-refractivity contribution in [3.63, 3.8) is 0 Å². The average molecular weight is 249 g/mol. The number of ether oxygens (including phenoxy) is 1. The molecule has 0 aliphatic heterocycles. The van der Waals surface area contributed by atoms with Crippen molar-refractivity contribution in [1.82, 2.24) is 5.32 Å². The van der Waals surface area contributed by atoms with E-state index < -0.39 is 0 Å². The second-order valence-electron chi connectivity index (χ2n) is 4.08. The molecular weight excluding hydrogens is 233 g/mol. The second-order valence-corrected chi connectivity index (χ2v) is 4.08. The van der Waals surface area contributed by atoms with E-state index in [1.54, 1.807) is 12.3 Å². The van der Waals surface area contributed by atoms with E-state index in [-0.39, 0.29) is 17.6 Å². The van der Waals surface area contributed by atoms with E-state index in [2.05, 4.69) is 5.32 Å². The maximum Gasteiger partial charge on any atom is 0.165 e. The Morgan fingerprint density at radius 1 is 1.39 bits per heavy atom. The number of hydrogen-bond donors (Lipinski definition) is 1. The zero-order valence-corrected chi connectivity index (χ0v) is 10.4. The molecule has 0 fully saturated rings. The van der Waals surface area contributed by atoms with Gasteiger partial charge in [0.25, 0.3) is 0 Å². The molecule has 96 valence electrons. The van der Waals surface area contributed by atoms with Crippen LogP contribution < -0.4 is 10.1 Å². The number of hydrogen-bond acceptors (Lipinski definition) is 3. The molecule has 0 aliphatic rings. The van der Waals surface area contributed by atoms with Gasteiger partial charge in [-0.2, -0.15) is 0 Å². The normalized spacial score (nSPS) is 12.4. The molecule has 0 radical (unpaired) electrons. The topological polar surface area (TPSA) is 34.4 Å². The van der Waals surface area contributed by atoms with Crippen molar-refractivity contribution < 1.29 is 13.5 Å². The Hall–Kier alpha value is -1.81. The molecule has 18 heavy (non-hydrogen) atoms. The smallest absolute Gasteiger partial charge is 0.165 e. The summed E-state index contributed by atoms with van der Waals surface area (Å²) in [6.07, 6.45) is 1.63. The van der Waals surface area contributed by atoms with Crippen LogP contribution in [-0.2, 0) is 6.54 Å². The van der Waals surface area contributed by atoms with E-state index in [1.165, 1.54) is 13.2 Å². The Labute approximate surface area is 106 Å². The third-order valence-corrected chi connectivity index (χ3v) is 2.84. The molecule has 1 aromatic carbocycles. The van der Waals surface area contributed by atoms with Crippen molar-refractivity contribution in [1.29, 1.82) is 0 Å². The predicted octanol–water partition coefficient (Wildman–Crippen LogP) is 3.28. The Morgan fingerprint density at radius 3 is 2.83 bits per heavy atom. The highest BCUT2D eigenvalue weighted by atomic mass is 19.1. The third kappa shape index (κ3) is 2.90. The lowest BCUT2D eigenvalue weighted by Gasteiger charge is -2.14. The number of furan rings is 1. The lowest BCUT2D eigenvalue weighted by Crippen LogP contribution is -2.17. The average Bonchev–Trinajstić information content (AvgIpc) is 2.89. The highest BCUT2D eigenvalue weighted by Crippen LogP contribution is 2.21. The largest absolute Gasteiger partial charge is 0.494 e. The lowest BCUT2D eigenvalue weighted by molar-refractivity contribution is 0.385. The van der Waals surface area contributed by atoms with E-state index in [0.29, 0.717) is 6.54 Å². The molecule has 0 saturated carbocycles. The number of halogens is 1. The van der Waals surface area contributed by atoms with Gasteiger partial charge in [-0.25, -0.2) is 4.39 Å². The molecule has 4 heteroatoms. The number of benzene rings is 1. The summed E-state index contributed by atoms with van der Waals surface area (Å²) in [5.74, 6) is 0.773. The fraction of sp³-hybridized carbons (Fsp3) is 0.286. The highest BCUT2D eigenvalue weighted by molar-refractivity contribution is 5.30. The Morgan fingerprint density at radius 2 is 2.22 bits per heavy atom. The first-order chi connectivity index (χ1) is 8.70. The molecule has 2 rings (SSSR count). The van der Waals surface area contributed by atoms with Crippen molar-refractivity contribution in [2.24, 2.45) is 0 Å². The molecule has 0 amide bonds. The van der Waals surface area contributed by atoms with E-state index in [0.717, 1.165) is 11.3 Å². The summed E-state index contributed by atoms with van der Waals surface area (Å²) in [5.41, 5.74) is 0.875. The molecule has 0 aliphatic carbocycles. The van der Waals surface area contributed by atoms with Gasteiger partial charge in [0, 0.05) is 6.04 Å². The molecule has 1 heterocycles. The summed E-state index contributed by atoms with van der Waals surface area (Å²) < 4.78 is 23.7. The minimum atomic E-state index is -0.346. The van der Waals surface area contributed by atoms with Crippen LogP contribution in [0.5, 0.6) is 5.75 Å². The first-order valence-corrected chi connectivity index (χ1v) is 5.80. The minimum Gasteiger partial charge on any atom is -0.494 e. The fourth-order valence-corrected chi connectivity index (χ4v) is 1.74. The second kappa shape index (κ2) is 5.69. The summed E-state index contributed by atoms with van der Waals surface area (Å²) in [5, 5.41) is 3.26. The number of nitrogens with one attached hydrogen (secondary N) is 1.